The first-order valence-electron chi connectivity index (χ1n) is 13.9. The van der Waals surface area contributed by atoms with Gasteiger partial charge in [0.25, 0.3) is 5.91 Å². The van der Waals surface area contributed by atoms with Crippen molar-refractivity contribution >= 4 is 16.9 Å². The summed E-state index contributed by atoms with van der Waals surface area (Å²) >= 11 is 0. The predicted molar refractivity (Wildman–Crippen MR) is 145 cm³/mol. The fourth-order valence-corrected chi connectivity index (χ4v) is 4.72. The van der Waals surface area contributed by atoms with E-state index < -0.39 is 0 Å². The Balaban J connectivity index is 1.34. The van der Waals surface area contributed by atoms with Gasteiger partial charge in [-0.2, -0.15) is 0 Å². The first-order valence-corrected chi connectivity index (χ1v) is 13.9. The predicted octanol–water partition coefficient (Wildman–Crippen LogP) is 7.84. The lowest BCUT2D eigenvalue weighted by atomic mass is 10.0. The van der Waals surface area contributed by atoms with Crippen LogP contribution in [0.25, 0.3) is 11.0 Å². The quantitative estimate of drug-likeness (QED) is 0.190. The van der Waals surface area contributed by atoms with Crippen molar-refractivity contribution in [3.05, 3.63) is 60.2 Å². The Morgan fingerprint density at radius 1 is 0.771 bits per heavy atom. The molecule has 0 saturated carbocycles. The van der Waals surface area contributed by atoms with Gasteiger partial charge in [-0.15, -0.1) is 0 Å². The van der Waals surface area contributed by atoms with Gasteiger partial charge in [0.2, 0.25) is 0 Å². The highest BCUT2D eigenvalue weighted by Crippen LogP contribution is 2.18. The van der Waals surface area contributed by atoms with E-state index in [0.717, 1.165) is 29.8 Å². The topological polar surface area (TPSA) is 59.8 Å². The molecule has 0 unspecified atom stereocenters. The number of carbonyl (C=O) groups is 1. The number of fused-ring (bicyclic) bond motifs is 1. The number of imidazole rings is 1. The minimum Gasteiger partial charge on any atom is -0.343 e. The summed E-state index contributed by atoms with van der Waals surface area (Å²) in [4.78, 5) is 21.4. The molecule has 0 radical (unpaired) electrons. The highest BCUT2D eigenvalue weighted by Gasteiger charge is 2.12. The maximum Gasteiger partial charge on any atom is 0.270 e. The van der Waals surface area contributed by atoms with Gasteiger partial charge in [0.05, 0.1) is 17.6 Å². The molecule has 2 heterocycles. The number of aromatic nitrogens is 3. The number of benzene rings is 1. The molecule has 2 aromatic heterocycles. The van der Waals surface area contributed by atoms with Crippen molar-refractivity contribution in [1.29, 1.82) is 0 Å². The van der Waals surface area contributed by atoms with Crippen LogP contribution >= 0.6 is 0 Å². The highest BCUT2D eigenvalue weighted by atomic mass is 16.1. The van der Waals surface area contributed by atoms with Crippen molar-refractivity contribution in [2.24, 2.45) is 0 Å². The van der Waals surface area contributed by atoms with Crippen LogP contribution in [0.5, 0.6) is 0 Å². The monoisotopic (exact) mass is 476 g/mol. The zero-order valence-corrected chi connectivity index (χ0v) is 21.7. The third-order valence-electron chi connectivity index (χ3n) is 6.77. The van der Waals surface area contributed by atoms with E-state index in [-0.39, 0.29) is 5.91 Å². The third kappa shape index (κ3) is 9.46. The van der Waals surface area contributed by atoms with Crippen molar-refractivity contribution in [3.8, 4) is 0 Å². The van der Waals surface area contributed by atoms with E-state index in [2.05, 4.69) is 33.9 Å². The highest BCUT2D eigenvalue weighted by molar-refractivity contribution is 5.92. The summed E-state index contributed by atoms with van der Waals surface area (Å²) in [5.74, 6) is 0.742. The van der Waals surface area contributed by atoms with Crippen molar-refractivity contribution in [2.45, 2.75) is 110 Å². The maximum atomic E-state index is 12.4. The fraction of sp³-hybridized carbons (Fsp3) is 0.567. The zero-order chi connectivity index (χ0) is 24.6. The summed E-state index contributed by atoms with van der Waals surface area (Å²) in [6, 6.07) is 13.6. The second kappa shape index (κ2) is 16.1. The Labute approximate surface area is 211 Å². The lowest BCUT2D eigenvalue weighted by Crippen LogP contribution is -2.25. The molecule has 5 heteroatoms. The van der Waals surface area contributed by atoms with Gasteiger partial charge >= 0.3 is 0 Å². The number of aryl methyl sites for hydroxylation is 1. The van der Waals surface area contributed by atoms with Crippen LogP contribution in [0.1, 0.15) is 113 Å². The van der Waals surface area contributed by atoms with Crippen LogP contribution < -0.4 is 5.32 Å². The molecule has 3 aromatic rings. The smallest absolute Gasteiger partial charge is 0.270 e. The van der Waals surface area contributed by atoms with Crippen LogP contribution in [0.3, 0.4) is 0 Å². The number of carbonyl (C=O) groups excluding carboxylic acids is 1. The van der Waals surface area contributed by atoms with Gasteiger partial charge in [0.1, 0.15) is 11.5 Å². The molecule has 0 fully saturated rings. The molecule has 1 N–H and O–H groups in total. The molecule has 5 nitrogen and oxygen atoms in total. The van der Waals surface area contributed by atoms with Crippen LogP contribution in [-0.2, 0) is 13.1 Å². The number of nitrogens with zero attached hydrogens (tertiary/aromatic N) is 3. The van der Waals surface area contributed by atoms with Crippen molar-refractivity contribution in [3.63, 3.8) is 0 Å². The molecule has 1 amide bonds. The van der Waals surface area contributed by atoms with E-state index in [0.29, 0.717) is 12.2 Å². The third-order valence-corrected chi connectivity index (χ3v) is 6.77. The Bertz CT molecular complexity index is 982. The molecule has 35 heavy (non-hydrogen) atoms. The number of rotatable bonds is 18. The van der Waals surface area contributed by atoms with Crippen molar-refractivity contribution in [2.75, 3.05) is 0 Å². The second-order valence-electron chi connectivity index (χ2n) is 9.66. The van der Waals surface area contributed by atoms with Crippen molar-refractivity contribution in [1.82, 2.24) is 19.9 Å². The molecule has 0 bridgehead atoms. The summed E-state index contributed by atoms with van der Waals surface area (Å²) in [6.45, 7) is 3.63. The molecular weight excluding hydrogens is 432 g/mol. The Kier molecular flexibility index (Phi) is 12.4. The van der Waals surface area contributed by atoms with Crippen LogP contribution in [0, 0.1) is 0 Å². The Morgan fingerprint density at radius 3 is 2.00 bits per heavy atom. The summed E-state index contributed by atoms with van der Waals surface area (Å²) in [6.07, 6.45) is 20.7. The molecule has 0 spiro atoms. The molecule has 0 saturated heterocycles. The number of hydrogen-bond acceptors (Lipinski definition) is 3. The first-order chi connectivity index (χ1) is 17.3. The summed E-state index contributed by atoms with van der Waals surface area (Å²) in [5, 5.41) is 2.98. The molecule has 0 aliphatic rings. The van der Waals surface area contributed by atoms with E-state index in [4.69, 9.17) is 4.98 Å². The normalized spacial score (nSPS) is 11.2. The summed E-state index contributed by atoms with van der Waals surface area (Å²) < 4.78 is 2.27. The molecule has 0 aliphatic heterocycles. The van der Waals surface area contributed by atoms with E-state index >= 15 is 0 Å². The lowest BCUT2D eigenvalue weighted by molar-refractivity contribution is 0.0944. The standard InChI is InChI=1S/C30H44N4O/c1-2-3-4-5-6-7-8-9-10-11-12-13-14-19-24-34-28-22-16-15-20-26(28)33-29(34)25-32-30(35)27-21-17-18-23-31-27/h15-18,20-23H,2-14,19,24-25H2,1H3,(H,32,35). The SMILES string of the molecule is CCCCCCCCCCCCCCCCn1c(CNC(=O)c2ccccn2)nc2ccccc21. The van der Waals surface area contributed by atoms with E-state index in [1.54, 1.807) is 12.3 Å². The number of amides is 1. The average Bonchev–Trinajstić information content (AvgIpc) is 3.25. The lowest BCUT2D eigenvalue weighted by Gasteiger charge is -2.10. The molecule has 1 aromatic carbocycles. The van der Waals surface area contributed by atoms with Gasteiger partial charge in [-0.3, -0.25) is 9.78 Å². The minimum absolute atomic E-state index is 0.166. The number of hydrogen-bond donors (Lipinski definition) is 1. The summed E-state index contributed by atoms with van der Waals surface area (Å²) in [5.41, 5.74) is 2.56. The number of nitrogens with one attached hydrogen (secondary N) is 1. The van der Waals surface area contributed by atoms with E-state index in [9.17, 15) is 4.79 Å². The van der Waals surface area contributed by atoms with Gasteiger partial charge in [0.15, 0.2) is 0 Å². The second-order valence-corrected chi connectivity index (χ2v) is 9.66. The Morgan fingerprint density at radius 2 is 1.37 bits per heavy atom. The largest absolute Gasteiger partial charge is 0.343 e. The number of pyridine rings is 1. The molecule has 3 rings (SSSR count). The molecular formula is C30H44N4O. The van der Waals surface area contributed by atoms with Gasteiger partial charge < -0.3 is 9.88 Å². The number of para-hydroxylation sites is 2. The van der Waals surface area contributed by atoms with E-state index in [1.807, 2.05) is 24.3 Å². The average molecular weight is 477 g/mol. The van der Waals surface area contributed by atoms with Crippen molar-refractivity contribution < 1.29 is 4.79 Å². The molecule has 0 aliphatic carbocycles. The Hall–Kier alpha value is -2.69. The summed E-state index contributed by atoms with van der Waals surface area (Å²) in [7, 11) is 0. The fourth-order valence-electron chi connectivity index (χ4n) is 4.72. The van der Waals surface area contributed by atoms with Gasteiger partial charge in [-0.1, -0.05) is 109 Å². The van der Waals surface area contributed by atoms with Crippen LogP contribution in [0.15, 0.2) is 48.7 Å². The molecule has 0 atom stereocenters. The maximum absolute atomic E-state index is 12.4. The molecule has 190 valence electrons. The van der Waals surface area contributed by atoms with Crippen LogP contribution in [0.4, 0.5) is 0 Å². The van der Waals surface area contributed by atoms with Gasteiger partial charge in [-0.05, 0) is 30.7 Å². The van der Waals surface area contributed by atoms with Crippen LogP contribution in [-0.4, -0.2) is 20.4 Å². The van der Waals surface area contributed by atoms with Gasteiger partial charge in [-0.25, -0.2) is 4.98 Å². The first kappa shape index (κ1) is 26.9. The minimum atomic E-state index is -0.166. The van der Waals surface area contributed by atoms with Crippen LogP contribution in [0.2, 0.25) is 0 Å². The van der Waals surface area contributed by atoms with E-state index in [1.165, 1.54) is 83.5 Å². The zero-order valence-electron chi connectivity index (χ0n) is 21.7. The van der Waals surface area contributed by atoms with Gasteiger partial charge in [0, 0.05) is 12.7 Å². The number of unbranched alkanes of at least 4 members (excludes halogenated alkanes) is 13.